The maximum absolute atomic E-state index is 13.3. The SMILES string of the molecule is O=C1CCCN1CCCC(=O)N1CC[C@]2(C(=O)Nc3ccccc32)[C@@H]1c1ccccc1. The maximum Gasteiger partial charge on any atom is 0.237 e. The Morgan fingerprint density at radius 3 is 2.58 bits per heavy atom. The van der Waals surface area contributed by atoms with Gasteiger partial charge >= 0.3 is 0 Å². The van der Waals surface area contributed by atoms with Crippen LogP contribution in [0.5, 0.6) is 0 Å². The van der Waals surface area contributed by atoms with Gasteiger partial charge in [-0.3, -0.25) is 14.4 Å². The number of likely N-dealkylation sites (tertiary alicyclic amines) is 2. The first-order valence-electron chi connectivity index (χ1n) is 11.1. The zero-order chi connectivity index (χ0) is 21.4. The van der Waals surface area contributed by atoms with Crippen molar-refractivity contribution in [1.29, 1.82) is 0 Å². The van der Waals surface area contributed by atoms with E-state index in [0.29, 0.717) is 38.8 Å². The highest BCUT2D eigenvalue weighted by Crippen LogP contribution is 2.54. The van der Waals surface area contributed by atoms with Crippen LogP contribution in [0.15, 0.2) is 54.6 Å². The molecule has 3 amide bonds. The lowest BCUT2D eigenvalue weighted by Crippen LogP contribution is -2.42. The molecule has 2 saturated heterocycles. The van der Waals surface area contributed by atoms with Gasteiger partial charge in [0, 0.05) is 38.2 Å². The van der Waals surface area contributed by atoms with E-state index in [1.807, 2.05) is 64.4 Å². The number of hydrogen-bond donors (Lipinski definition) is 1. The van der Waals surface area contributed by atoms with Crippen molar-refractivity contribution >= 4 is 23.4 Å². The van der Waals surface area contributed by atoms with E-state index in [4.69, 9.17) is 0 Å². The molecule has 0 aliphatic carbocycles. The van der Waals surface area contributed by atoms with Gasteiger partial charge in [-0.1, -0.05) is 48.5 Å². The molecule has 0 unspecified atom stereocenters. The largest absolute Gasteiger partial charge is 0.343 e. The monoisotopic (exact) mass is 417 g/mol. The molecule has 3 aliphatic heterocycles. The molecule has 0 aromatic heterocycles. The molecular formula is C25H27N3O3. The molecule has 1 N–H and O–H groups in total. The lowest BCUT2D eigenvalue weighted by molar-refractivity contribution is -0.134. The second-order valence-corrected chi connectivity index (χ2v) is 8.71. The summed E-state index contributed by atoms with van der Waals surface area (Å²) < 4.78 is 0. The number of carbonyl (C=O) groups excluding carboxylic acids is 3. The highest BCUT2D eigenvalue weighted by Gasteiger charge is 2.59. The van der Waals surface area contributed by atoms with Crippen LogP contribution in [0, 0.1) is 0 Å². The molecule has 2 fully saturated rings. The Hall–Kier alpha value is -3.15. The summed E-state index contributed by atoms with van der Waals surface area (Å²) in [6.45, 7) is 1.97. The summed E-state index contributed by atoms with van der Waals surface area (Å²) in [5.74, 6) is 0.212. The van der Waals surface area contributed by atoms with Crippen LogP contribution in [0.1, 0.15) is 49.3 Å². The molecule has 3 heterocycles. The first kappa shape index (κ1) is 19.8. The van der Waals surface area contributed by atoms with Crippen molar-refractivity contribution < 1.29 is 14.4 Å². The van der Waals surface area contributed by atoms with E-state index in [1.54, 1.807) is 0 Å². The molecule has 6 heteroatoms. The summed E-state index contributed by atoms with van der Waals surface area (Å²) in [6, 6.07) is 17.4. The van der Waals surface area contributed by atoms with Crippen molar-refractivity contribution in [3.05, 3.63) is 65.7 Å². The third-order valence-electron chi connectivity index (χ3n) is 7.01. The minimum atomic E-state index is -0.765. The van der Waals surface area contributed by atoms with E-state index in [9.17, 15) is 14.4 Å². The van der Waals surface area contributed by atoms with Gasteiger partial charge < -0.3 is 15.1 Å². The van der Waals surface area contributed by atoms with Crippen LogP contribution in [0.2, 0.25) is 0 Å². The van der Waals surface area contributed by atoms with Gasteiger partial charge in [-0.15, -0.1) is 0 Å². The molecule has 3 aliphatic rings. The summed E-state index contributed by atoms with van der Waals surface area (Å²) >= 11 is 0. The Morgan fingerprint density at radius 1 is 1.03 bits per heavy atom. The van der Waals surface area contributed by atoms with Crippen molar-refractivity contribution in [3.63, 3.8) is 0 Å². The van der Waals surface area contributed by atoms with E-state index in [0.717, 1.165) is 29.8 Å². The predicted molar refractivity (Wildman–Crippen MR) is 117 cm³/mol. The van der Waals surface area contributed by atoms with Gasteiger partial charge in [0.1, 0.15) is 5.41 Å². The van der Waals surface area contributed by atoms with E-state index >= 15 is 0 Å². The molecule has 160 valence electrons. The van der Waals surface area contributed by atoms with Crippen molar-refractivity contribution in [2.45, 2.75) is 43.6 Å². The van der Waals surface area contributed by atoms with Gasteiger partial charge in [-0.2, -0.15) is 0 Å². The van der Waals surface area contributed by atoms with Crippen LogP contribution in [0.25, 0.3) is 0 Å². The molecule has 5 rings (SSSR count). The fourth-order valence-electron chi connectivity index (χ4n) is 5.56. The van der Waals surface area contributed by atoms with Gasteiger partial charge in [-0.25, -0.2) is 0 Å². The number of carbonyl (C=O) groups is 3. The summed E-state index contributed by atoms with van der Waals surface area (Å²) in [7, 11) is 0. The fraction of sp³-hybridized carbons (Fsp3) is 0.400. The second kappa shape index (κ2) is 7.84. The lowest BCUT2D eigenvalue weighted by Gasteiger charge is -2.34. The first-order chi connectivity index (χ1) is 15.1. The second-order valence-electron chi connectivity index (χ2n) is 8.71. The molecule has 0 saturated carbocycles. The molecule has 1 spiro atoms. The topological polar surface area (TPSA) is 69.7 Å². The molecule has 0 bridgehead atoms. The average Bonchev–Trinajstić information content (AvgIpc) is 3.46. The number of benzene rings is 2. The van der Waals surface area contributed by atoms with E-state index in [2.05, 4.69) is 5.32 Å². The van der Waals surface area contributed by atoms with E-state index in [1.165, 1.54) is 0 Å². The molecule has 2 aromatic rings. The van der Waals surface area contributed by atoms with Crippen molar-refractivity contribution in [1.82, 2.24) is 9.80 Å². The van der Waals surface area contributed by atoms with Gasteiger partial charge in [-0.05, 0) is 36.5 Å². The number of nitrogens with one attached hydrogen (secondary N) is 1. The van der Waals surface area contributed by atoms with E-state index < -0.39 is 5.41 Å². The first-order valence-corrected chi connectivity index (χ1v) is 11.1. The van der Waals surface area contributed by atoms with Gasteiger partial charge in [0.2, 0.25) is 17.7 Å². The maximum atomic E-state index is 13.3. The Kier molecular flexibility index (Phi) is 5.00. The Balaban J connectivity index is 1.42. The fourth-order valence-corrected chi connectivity index (χ4v) is 5.56. The number of hydrogen-bond acceptors (Lipinski definition) is 3. The number of amides is 3. The zero-order valence-electron chi connectivity index (χ0n) is 17.5. The smallest absolute Gasteiger partial charge is 0.237 e. The van der Waals surface area contributed by atoms with Crippen LogP contribution < -0.4 is 5.32 Å². The molecule has 0 radical (unpaired) electrons. The van der Waals surface area contributed by atoms with Crippen LogP contribution in [-0.4, -0.2) is 47.2 Å². The molecule has 6 nitrogen and oxygen atoms in total. The van der Waals surface area contributed by atoms with Crippen molar-refractivity contribution in [2.24, 2.45) is 0 Å². The highest BCUT2D eigenvalue weighted by molar-refractivity contribution is 6.07. The number of para-hydroxylation sites is 1. The predicted octanol–water partition coefficient (Wildman–Crippen LogP) is 3.25. The third-order valence-corrected chi connectivity index (χ3v) is 7.01. The highest BCUT2D eigenvalue weighted by atomic mass is 16.2. The summed E-state index contributed by atoms with van der Waals surface area (Å²) in [4.78, 5) is 42.3. The molecule has 2 aromatic carbocycles. The molecule has 2 atom stereocenters. The number of anilines is 1. The Labute approximate surface area is 182 Å². The van der Waals surface area contributed by atoms with Gasteiger partial charge in [0.05, 0.1) is 6.04 Å². The lowest BCUT2D eigenvalue weighted by atomic mass is 9.72. The minimum Gasteiger partial charge on any atom is -0.343 e. The van der Waals surface area contributed by atoms with Crippen molar-refractivity contribution in [3.8, 4) is 0 Å². The number of fused-ring (bicyclic) bond motifs is 2. The van der Waals surface area contributed by atoms with Crippen LogP contribution >= 0.6 is 0 Å². The third kappa shape index (κ3) is 3.21. The molecule has 31 heavy (non-hydrogen) atoms. The number of rotatable bonds is 5. The summed E-state index contributed by atoms with van der Waals surface area (Å²) in [5, 5.41) is 3.05. The number of nitrogens with zero attached hydrogens (tertiary/aromatic N) is 2. The van der Waals surface area contributed by atoms with Crippen LogP contribution in [-0.2, 0) is 19.8 Å². The minimum absolute atomic E-state index is 0.0273. The van der Waals surface area contributed by atoms with Crippen LogP contribution in [0.3, 0.4) is 0 Å². The van der Waals surface area contributed by atoms with Gasteiger partial charge in [0.15, 0.2) is 0 Å². The molecular weight excluding hydrogens is 390 g/mol. The average molecular weight is 418 g/mol. The Morgan fingerprint density at radius 2 is 1.81 bits per heavy atom. The van der Waals surface area contributed by atoms with Gasteiger partial charge in [0.25, 0.3) is 0 Å². The standard InChI is InChI=1S/C25H27N3O3/c29-21-12-6-15-27(21)16-7-13-22(30)28-17-14-25(23(28)18-8-2-1-3-9-18)19-10-4-5-11-20(19)26-24(25)31/h1-5,8-11,23H,6-7,12-17H2,(H,26,31)/t23-,25+/m0/s1. The zero-order valence-corrected chi connectivity index (χ0v) is 17.5. The van der Waals surface area contributed by atoms with Crippen molar-refractivity contribution in [2.75, 3.05) is 25.0 Å². The summed E-state index contributed by atoms with van der Waals surface area (Å²) in [6.07, 6.45) is 3.16. The Bertz CT molecular complexity index is 1020. The summed E-state index contributed by atoms with van der Waals surface area (Å²) in [5.41, 5.74) is 2.04. The quantitative estimate of drug-likeness (QED) is 0.812. The van der Waals surface area contributed by atoms with E-state index in [-0.39, 0.29) is 23.8 Å². The van der Waals surface area contributed by atoms with Crippen LogP contribution in [0.4, 0.5) is 5.69 Å². The normalized spacial score (nSPS) is 24.7.